The smallest absolute Gasteiger partial charge is 0.230 e. The van der Waals surface area contributed by atoms with Crippen LogP contribution in [-0.4, -0.2) is 134 Å². The van der Waals surface area contributed by atoms with E-state index in [0.717, 1.165) is 24.0 Å². The van der Waals surface area contributed by atoms with Gasteiger partial charge in [0, 0.05) is 31.7 Å². The summed E-state index contributed by atoms with van der Waals surface area (Å²) in [4.78, 5) is 19.1. The Morgan fingerprint density at radius 2 is 0.932 bits per heavy atom. The summed E-state index contributed by atoms with van der Waals surface area (Å²) in [6.45, 7) is 13.0. The van der Waals surface area contributed by atoms with Gasteiger partial charge in [-0.3, -0.25) is 0 Å². The predicted molar refractivity (Wildman–Crippen MR) is 166 cm³/mol. The van der Waals surface area contributed by atoms with Gasteiger partial charge in [0.05, 0.1) is 79.3 Å². The Balaban J connectivity index is 1.58. The molecule has 0 amide bonds. The molecule has 0 bridgehead atoms. The van der Waals surface area contributed by atoms with Gasteiger partial charge in [0.15, 0.2) is 5.82 Å². The Labute approximate surface area is 260 Å². The molecule has 0 N–H and O–H groups in total. The highest BCUT2D eigenvalue weighted by molar-refractivity contribution is 5.61. The van der Waals surface area contributed by atoms with Gasteiger partial charge in [0.1, 0.15) is 13.6 Å². The number of anilines is 2. The van der Waals surface area contributed by atoms with Gasteiger partial charge in [-0.1, -0.05) is 36.9 Å². The Bertz CT molecular complexity index is 978. The van der Waals surface area contributed by atoms with Gasteiger partial charge in [-0.25, -0.2) is 0 Å². The lowest BCUT2D eigenvalue weighted by Crippen LogP contribution is -2.34. The Morgan fingerprint density at radius 3 is 1.41 bits per heavy atom. The maximum Gasteiger partial charge on any atom is 0.230 e. The lowest BCUT2D eigenvalue weighted by Gasteiger charge is -2.27. The minimum atomic E-state index is 0.236. The number of rotatable bonds is 4. The normalized spacial score (nSPS) is 20.5. The van der Waals surface area contributed by atoms with E-state index in [1.165, 1.54) is 0 Å². The van der Waals surface area contributed by atoms with E-state index in [0.29, 0.717) is 123 Å². The minimum absolute atomic E-state index is 0.236. The van der Waals surface area contributed by atoms with Crippen LogP contribution in [-0.2, 0) is 37.9 Å². The summed E-state index contributed by atoms with van der Waals surface area (Å²) in [5, 5.41) is 0. The summed E-state index contributed by atoms with van der Waals surface area (Å²) in [6, 6.07) is 8.02. The molecule has 2 fully saturated rings. The van der Waals surface area contributed by atoms with E-state index in [-0.39, 0.29) is 13.6 Å². The third-order valence-electron chi connectivity index (χ3n) is 6.85. The molecule has 4 rings (SSSR count). The monoisotopic (exact) mass is 617 g/mol. The fraction of sp³-hybridized carbons (Fsp3) is 0.645. The van der Waals surface area contributed by atoms with Crippen LogP contribution in [0.4, 0.5) is 11.9 Å². The van der Waals surface area contributed by atoms with Crippen LogP contribution in [0.1, 0.15) is 18.4 Å². The highest BCUT2D eigenvalue weighted by Gasteiger charge is 2.19. The molecule has 0 atom stereocenters. The zero-order valence-electron chi connectivity index (χ0n) is 25.7. The SMILES string of the molecule is C=Cc1ccc(-c2nc(N3CCCOCOCCOCCOCC3)nc(N3CCCOCOCCOCCOCC3)n2)cc1. The zero-order valence-corrected chi connectivity index (χ0v) is 25.7. The van der Waals surface area contributed by atoms with Crippen LogP contribution in [0.3, 0.4) is 0 Å². The number of hydrogen-bond acceptors (Lipinski definition) is 13. The van der Waals surface area contributed by atoms with Crippen LogP contribution in [0.25, 0.3) is 17.5 Å². The molecule has 44 heavy (non-hydrogen) atoms. The van der Waals surface area contributed by atoms with E-state index < -0.39 is 0 Å². The van der Waals surface area contributed by atoms with Crippen molar-refractivity contribution in [2.45, 2.75) is 12.8 Å². The van der Waals surface area contributed by atoms with Gasteiger partial charge in [-0.2, -0.15) is 15.0 Å². The summed E-state index contributed by atoms with van der Waals surface area (Å²) < 4.78 is 45.2. The van der Waals surface area contributed by atoms with E-state index in [1.54, 1.807) is 0 Å². The van der Waals surface area contributed by atoms with Crippen LogP contribution < -0.4 is 9.80 Å². The van der Waals surface area contributed by atoms with Crippen molar-refractivity contribution >= 4 is 18.0 Å². The lowest BCUT2D eigenvalue weighted by atomic mass is 10.1. The molecule has 13 heteroatoms. The van der Waals surface area contributed by atoms with Gasteiger partial charge in [0.25, 0.3) is 0 Å². The first-order valence-corrected chi connectivity index (χ1v) is 15.4. The number of benzene rings is 1. The molecule has 3 heterocycles. The Hall–Kier alpha value is -2.75. The predicted octanol–water partition coefficient (Wildman–Crippen LogP) is 2.65. The third-order valence-corrected chi connectivity index (χ3v) is 6.85. The Kier molecular flexibility index (Phi) is 16.3. The van der Waals surface area contributed by atoms with E-state index in [9.17, 15) is 0 Å². The van der Waals surface area contributed by atoms with Gasteiger partial charge in [0.2, 0.25) is 11.9 Å². The molecule has 0 unspecified atom stereocenters. The van der Waals surface area contributed by atoms with Crippen molar-refractivity contribution in [2.24, 2.45) is 0 Å². The molecule has 0 saturated carbocycles. The van der Waals surface area contributed by atoms with Crippen molar-refractivity contribution in [3.63, 3.8) is 0 Å². The molecule has 13 nitrogen and oxygen atoms in total. The Morgan fingerprint density at radius 1 is 0.500 bits per heavy atom. The van der Waals surface area contributed by atoms with Crippen LogP contribution in [0, 0.1) is 0 Å². The number of nitrogens with zero attached hydrogens (tertiary/aromatic N) is 5. The molecular weight excluding hydrogens is 570 g/mol. The van der Waals surface area contributed by atoms with Crippen molar-refractivity contribution < 1.29 is 37.9 Å². The molecule has 2 aliphatic rings. The largest absolute Gasteiger partial charge is 0.377 e. The lowest BCUT2D eigenvalue weighted by molar-refractivity contribution is -0.0718. The van der Waals surface area contributed by atoms with Crippen molar-refractivity contribution in [3.05, 3.63) is 36.4 Å². The van der Waals surface area contributed by atoms with Crippen molar-refractivity contribution in [3.8, 4) is 11.4 Å². The number of ether oxygens (including phenoxy) is 8. The summed E-state index contributed by atoms with van der Waals surface area (Å²) in [7, 11) is 0. The molecule has 0 radical (unpaired) electrons. The van der Waals surface area contributed by atoms with E-state index in [2.05, 4.69) is 16.4 Å². The number of aromatic nitrogens is 3. The van der Waals surface area contributed by atoms with Crippen LogP contribution in [0.15, 0.2) is 30.8 Å². The first-order valence-electron chi connectivity index (χ1n) is 15.4. The van der Waals surface area contributed by atoms with Gasteiger partial charge < -0.3 is 47.7 Å². The average Bonchev–Trinajstić information content (AvgIpc) is 3.08. The topological polar surface area (TPSA) is 119 Å². The molecular formula is C31H47N5O8. The van der Waals surface area contributed by atoms with Crippen LogP contribution in [0.2, 0.25) is 0 Å². The van der Waals surface area contributed by atoms with Crippen LogP contribution in [0.5, 0.6) is 0 Å². The first kappa shape index (κ1) is 34.1. The van der Waals surface area contributed by atoms with Crippen molar-refractivity contribution in [1.29, 1.82) is 0 Å². The van der Waals surface area contributed by atoms with Crippen LogP contribution >= 0.6 is 0 Å². The molecule has 0 aliphatic carbocycles. The van der Waals surface area contributed by atoms with Gasteiger partial charge in [-0.15, -0.1) is 0 Å². The second-order valence-corrected chi connectivity index (χ2v) is 10.1. The first-order chi connectivity index (χ1) is 21.8. The zero-order chi connectivity index (χ0) is 30.5. The molecule has 1 aromatic heterocycles. The van der Waals surface area contributed by atoms with E-state index in [1.807, 2.05) is 30.3 Å². The summed E-state index contributed by atoms with van der Waals surface area (Å²) >= 11 is 0. The van der Waals surface area contributed by atoms with Gasteiger partial charge in [-0.05, 0) is 18.4 Å². The maximum absolute atomic E-state index is 5.87. The third kappa shape index (κ3) is 12.7. The highest BCUT2D eigenvalue weighted by atomic mass is 16.7. The molecule has 2 aromatic rings. The second-order valence-electron chi connectivity index (χ2n) is 10.1. The van der Waals surface area contributed by atoms with Crippen molar-refractivity contribution in [2.75, 3.05) is 129 Å². The van der Waals surface area contributed by atoms with E-state index in [4.69, 9.17) is 52.8 Å². The fourth-order valence-electron chi connectivity index (χ4n) is 4.46. The average molecular weight is 618 g/mol. The van der Waals surface area contributed by atoms with Crippen molar-refractivity contribution in [1.82, 2.24) is 15.0 Å². The summed E-state index contributed by atoms with van der Waals surface area (Å²) in [5.41, 5.74) is 1.91. The summed E-state index contributed by atoms with van der Waals surface area (Å²) in [5.74, 6) is 1.74. The molecule has 244 valence electrons. The summed E-state index contributed by atoms with van der Waals surface area (Å²) in [6.07, 6.45) is 3.35. The fourth-order valence-corrected chi connectivity index (χ4v) is 4.46. The number of hydrogen-bond donors (Lipinski definition) is 0. The van der Waals surface area contributed by atoms with Gasteiger partial charge >= 0.3 is 0 Å². The maximum atomic E-state index is 5.87. The molecule has 1 aromatic carbocycles. The quantitative estimate of drug-likeness (QED) is 0.501. The molecule has 0 spiro atoms. The van der Waals surface area contributed by atoms with E-state index >= 15 is 0 Å². The minimum Gasteiger partial charge on any atom is -0.377 e. The molecule has 2 aliphatic heterocycles. The second kappa shape index (κ2) is 21.1. The standard InChI is InChI=1S/C31H47N5O8/c1-2-27-5-7-28(8-6-27)29-32-30(35-9-3-13-41-25-43-23-21-39-19-17-37-15-11-35)34-31(33-29)36-10-4-14-42-26-44-24-22-40-20-18-38-16-12-36/h2,5-8H,1,3-4,9-26H2. The highest BCUT2D eigenvalue weighted by Crippen LogP contribution is 2.23. The molecule has 2 saturated heterocycles.